The molecule has 0 saturated carbocycles. The molecule has 1 unspecified atom stereocenters. The highest BCUT2D eigenvalue weighted by atomic mass is 16.3. The Morgan fingerprint density at radius 3 is 2.86 bits per heavy atom. The van der Waals surface area contributed by atoms with Gasteiger partial charge in [-0.15, -0.1) is 0 Å². The zero-order chi connectivity index (χ0) is 15.8. The zero-order valence-electron chi connectivity index (χ0n) is 12.9. The quantitative estimate of drug-likeness (QED) is 0.735. The molecule has 5 nitrogen and oxygen atoms in total. The fraction of sp³-hybridized carbons (Fsp3) is 0.412. The van der Waals surface area contributed by atoms with E-state index in [1.54, 1.807) is 6.20 Å². The van der Waals surface area contributed by atoms with Crippen LogP contribution in [-0.2, 0) is 0 Å². The van der Waals surface area contributed by atoms with E-state index < -0.39 is 0 Å². The number of hydrogen-bond donors (Lipinski definition) is 3. The van der Waals surface area contributed by atoms with Crippen LogP contribution in [0.5, 0.6) is 0 Å². The minimum Gasteiger partial charge on any atom is -0.396 e. The normalized spacial score (nSPS) is 12.1. The number of para-hydroxylation sites is 1. The summed E-state index contributed by atoms with van der Waals surface area (Å²) >= 11 is 0. The van der Waals surface area contributed by atoms with Crippen molar-refractivity contribution in [3.05, 3.63) is 36.5 Å². The van der Waals surface area contributed by atoms with Crippen molar-refractivity contribution in [3.63, 3.8) is 0 Å². The molecule has 118 valence electrons. The maximum Gasteiger partial charge on any atom is 0.319 e. The van der Waals surface area contributed by atoms with E-state index in [2.05, 4.69) is 22.5 Å². The Bertz CT molecular complexity index is 604. The summed E-state index contributed by atoms with van der Waals surface area (Å²) in [5, 5.41) is 15.8. The van der Waals surface area contributed by atoms with Crippen LogP contribution in [0.4, 0.5) is 10.5 Å². The van der Waals surface area contributed by atoms with E-state index >= 15 is 0 Å². The van der Waals surface area contributed by atoms with Crippen LogP contribution in [0.15, 0.2) is 36.5 Å². The van der Waals surface area contributed by atoms with Crippen molar-refractivity contribution in [1.82, 2.24) is 10.3 Å². The number of urea groups is 1. The van der Waals surface area contributed by atoms with Gasteiger partial charge in [0, 0.05) is 24.7 Å². The fourth-order valence-corrected chi connectivity index (χ4v) is 2.55. The number of fused-ring (bicyclic) bond motifs is 1. The Balaban J connectivity index is 1.96. The Morgan fingerprint density at radius 2 is 2.09 bits per heavy atom. The van der Waals surface area contributed by atoms with Crippen molar-refractivity contribution in [3.8, 4) is 0 Å². The highest BCUT2D eigenvalue weighted by Crippen LogP contribution is 2.20. The Labute approximate surface area is 130 Å². The summed E-state index contributed by atoms with van der Waals surface area (Å²) in [5.74, 6) is 0.311. The number of carbonyl (C=O) groups excluding carboxylic acids is 1. The largest absolute Gasteiger partial charge is 0.396 e. The van der Waals surface area contributed by atoms with E-state index in [1.165, 1.54) is 0 Å². The molecule has 0 aliphatic carbocycles. The number of amides is 2. The molecule has 0 aliphatic rings. The number of pyridine rings is 1. The third-order valence-electron chi connectivity index (χ3n) is 3.67. The molecule has 5 heteroatoms. The zero-order valence-corrected chi connectivity index (χ0v) is 12.9. The van der Waals surface area contributed by atoms with Gasteiger partial charge in [0.2, 0.25) is 0 Å². The maximum absolute atomic E-state index is 12.1. The Hall–Kier alpha value is -2.14. The lowest BCUT2D eigenvalue weighted by Gasteiger charge is -2.16. The summed E-state index contributed by atoms with van der Waals surface area (Å²) in [6, 6.07) is 9.29. The number of hydrogen-bond acceptors (Lipinski definition) is 3. The average Bonchev–Trinajstić information content (AvgIpc) is 2.53. The van der Waals surface area contributed by atoms with Crippen molar-refractivity contribution in [2.45, 2.75) is 26.2 Å². The van der Waals surface area contributed by atoms with E-state index in [0.29, 0.717) is 24.6 Å². The van der Waals surface area contributed by atoms with Crippen molar-refractivity contribution in [1.29, 1.82) is 0 Å². The third-order valence-corrected chi connectivity index (χ3v) is 3.67. The Morgan fingerprint density at radius 1 is 1.27 bits per heavy atom. The van der Waals surface area contributed by atoms with Crippen LogP contribution in [0.1, 0.15) is 26.2 Å². The van der Waals surface area contributed by atoms with Crippen molar-refractivity contribution in [2.75, 3.05) is 18.5 Å². The van der Waals surface area contributed by atoms with E-state index in [1.807, 2.05) is 30.3 Å². The molecule has 22 heavy (non-hydrogen) atoms. The number of aromatic nitrogens is 1. The van der Waals surface area contributed by atoms with Gasteiger partial charge in [0.15, 0.2) is 0 Å². The predicted molar refractivity (Wildman–Crippen MR) is 88.9 cm³/mol. The van der Waals surface area contributed by atoms with Crippen LogP contribution >= 0.6 is 0 Å². The fourth-order valence-electron chi connectivity index (χ4n) is 2.55. The molecule has 0 radical (unpaired) electrons. The highest BCUT2D eigenvalue weighted by molar-refractivity contribution is 5.99. The molecule has 2 amide bonds. The SMILES string of the molecule is CCCC(CCO)CNC(=O)Nc1cccc2cccnc12. The summed E-state index contributed by atoms with van der Waals surface area (Å²) in [5.41, 5.74) is 1.48. The number of nitrogens with one attached hydrogen (secondary N) is 2. The van der Waals surface area contributed by atoms with Gasteiger partial charge < -0.3 is 15.7 Å². The van der Waals surface area contributed by atoms with Crippen molar-refractivity contribution in [2.24, 2.45) is 5.92 Å². The first-order valence-corrected chi connectivity index (χ1v) is 7.74. The van der Waals surface area contributed by atoms with Gasteiger partial charge in [-0.2, -0.15) is 0 Å². The summed E-state index contributed by atoms with van der Waals surface area (Å²) in [6.07, 6.45) is 4.46. The lowest BCUT2D eigenvalue weighted by Crippen LogP contribution is -2.33. The number of carbonyl (C=O) groups is 1. The van der Waals surface area contributed by atoms with Crippen LogP contribution in [0.3, 0.4) is 0 Å². The first kappa shape index (κ1) is 16.2. The second kappa shape index (κ2) is 8.34. The van der Waals surface area contributed by atoms with Gasteiger partial charge >= 0.3 is 6.03 Å². The Kier molecular flexibility index (Phi) is 6.15. The van der Waals surface area contributed by atoms with E-state index in [4.69, 9.17) is 5.11 Å². The molecule has 0 saturated heterocycles. The number of anilines is 1. The first-order valence-electron chi connectivity index (χ1n) is 7.74. The van der Waals surface area contributed by atoms with Gasteiger partial charge in [-0.1, -0.05) is 31.5 Å². The topological polar surface area (TPSA) is 74.2 Å². The van der Waals surface area contributed by atoms with Crippen molar-refractivity contribution < 1.29 is 9.90 Å². The number of aliphatic hydroxyl groups excluding tert-OH is 1. The molecular weight excluding hydrogens is 278 g/mol. The van der Waals surface area contributed by atoms with Gasteiger partial charge in [-0.05, 0) is 30.9 Å². The number of benzene rings is 1. The molecule has 1 atom stereocenters. The molecule has 1 aromatic heterocycles. The maximum atomic E-state index is 12.1. The third kappa shape index (κ3) is 4.43. The van der Waals surface area contributed by atoms with Gasteiger partial charge in [-0.25, -0.2) is 4.79 Å². The minimum absolute atomic E-state index is 0.154. The minimum atomic E-state index is -0.239. The van der Waals surface area contributed by atoms with Gasteiger partial charge in [-0.3, -0.25) is 4.98 Å². The highest BCUT2D eigenvalue weighted by Gasteiger charge is 2.10. The summed E-state index contributed by atoms with van der Waals surface area (Å²) < 4.78 is 0. The molecule has 0 fully saturated rings. The number of nitrogens with zero attached hydrogens (tertiary/aromatic N) is 1. The molecule has 1 aromatic carbocycles. The molecule has 2 rings (SSSR count). The van der Waals surface area contributed by atoms with Crippen LogP contribution < -0.4 is 10.6 Å². The van der Waals surface area contributed by atoms with Gasteiger partial charge in [0.25, 0.3) is 0 Å². The average molecular weight is 301 g/mol. The molecular formula is C17H23N3O2. The van der Waals surface area contributed by atoms with Crippen LogP contribution in [0.2, 0.25) is 0 Å². The van der Waals surface area contributed by atoms with Crippen LogP contribution in [0.25, 0.3) is 10.9 Å². The lowest BCUT2D eigenvalue weighted by molar-refractivity contribution is 0.237. The lowest BCUT2D eigenvalue weighted by atomic mass is 10.0. The van der Waals surface area contributed by atoms with E-state index in [-0.39, 0.29) is 12.6 Å². The number of rotatable bonds is 7. The second-order valence-electron chi connectivity index (χ2n) is 5.38. The molecule has 0 aliphatic heterocycles. The van der Waals surface area contributed by atoms with Crippen LogP contribution in [-0.4, -0.2) is 29.3 Å². The molecule has 0 spiro atoms. The molecule has 0 bridgehead atoms. The molecule has 1 heterocycles. The van der Waals surface area contributed by atoms with E-state index in [9.17, 15) is 4.79 Å². The second-order valence-corrected chi connectivity index (χ2v) is 5.38. The van der Waals surface area contributed by atoms with Gasteiger partial charge in [0.1, 0.15) is 0 Å². The van der Waals surface area contributed by atoms with Crippen molar-refractivity contribution >= 4 is 22.6 Å². The first-order chi connectivity index (χ1) is 10.7. The molecule has 3 N–H and O–H groups in total. The van der Waals surface area contributed by atoms with Crippen LogP contribution in [0, 0.1) is 5.92 Å². The smallest absolute Gasteiger partial charge is 0.319 e. The summed E-state index contributed by atoms with van der Waals surface area (Å²) in [4.78, 5) is 16.4. The molecule has 2 aromatic rings. The summed E-state index contributed by atoms with van der Waals surface area (Å²) in [6.45, 7) is 2.83. The van der Waals surface area contributed by atoms with E-state index in [0.717, 1.165) is 23.7 Å². The monoisotopic (exact) mass is 301 g/mol. The summed E-state index contributed by atoms with van der Waals surface area (Å²) in [7, 11) is 0. The standard InChI is InChI=1S/C17H23N3O2/c1-2-5-13(9-11-21)12-19-17(22)20-15-8-3-6-14-7-4-10-18-16(14)15/h3-4,6-8,10,13,21H,2,5,9,11-12H2,1H3,(H2,19,20,22). The predicted octanol–water partition coefficient (Wildman–Crippen LogP) is 3.16. The number of aliphatic hydroxyl groups is 1. The van der Waals surface area contributed by atoms with Gasteiger partial charge in [0.05, 0.1) is 11.2 Å².